The summed E-state index contributed by atoms with van der Waals surface area (Å²) in [5.41, 5.74) is 0.987. The lowest BCUT2D eigenvalue weighted by atomic mass is 10.2. The van der Waals surface area contributed by atoms with Crippen molar-refractivity contribution in [2.45, 2.75) is 18.6 Å². The number of aromatic nitrogens is 4. The molecule has 2 amide bonds. The number of alkyl carbamates (subject to hydrolysis) is 1. The first kappa shape index (κ1) is 17.7. The van der Waals surface area contributed by atoms with Gasteiger partial charge in [-0.15, -0.1) is 5.10 Å². The number of nitrogens with one attached hydrogen (secondary N) is 1. The molecule has 1 aromatic heterocycles. The Balaban J connectivity index is 1.90. The average Bonchev–Trinajstić information content (AvgIpc) is 3.01. The summed E-state index contributed by atoms with van der Waals surface area (Å²) in [5.74, 6) is 0.292. The van der Waals surface area contributed by atoms with Crippen molar-refractivity contribution < 1.29 is 19.1 Å². The number of amides is 2. The van der Waals surface area contributed by atoms with Crippen molar-refractivity contribution >= 4 is 23.8 Å². The first-order valence-electron chi connectivity index (χ1n) is 7.11. The van der Waals surface area contributed by atoms with E-state index in [-0.39, 0.29) is 12.4 Å². The quantitative estimate of drug-likeness (QED) is 0.739. The molecule has 128 valence electrons. The topological polar surface area (TPSA) is 108 Å². The Morgan fingerprint density at radius 1 is 1.29 bits per heavy atom. The summed E-state index contributed by atoms with van der Waals surface area (Å²) in [6.45, 7) is 2.32. The number of thioether (sulfide) groups is 1. The van der Waals surface area contributed by atoms with E-state index < -0.39 is 12.0 Å². The van der Waals surface area contributed by atoms with Gasteiger partial charge in [0.2, 0.25) is 11.1 Å². The maximum atomic E-state index is 11.6. The van der Waals surface area contributed by atoms with Crippen LogP contribution in [0.3, 0.4) is 0 Å². The molecule has 0 aliphatic carbocycles. The second kappa shape index (κ2) is 8.87. The monoisotopic (exact) mass is 351 g/mol. The number of rotatable bonds is 7. The maximum Gasteiger partial charge on any atom is 0.413 e. The molecule has 2 rings (SSSR count). The molecule has 0 fully saturated rings. The van der Waals surface area contributed by atoms with Crippen LogP contribution in [0.2, 0.25) is 0 Å². The summed E-state index contributed by atoms with van der Waals surface area (Å²) in [4.78, 5) is 22.8. The second-order valence-electron chi connectivity index (χ2n) is 4.52. The zero-order chi connectivity index (χ0) is 17.4. The van der Waals surface area contributed by atoms with Crippen LogP contribution < -0.4 is 10.1 Å². The molecule has 0 saturated carbocycles. The van der Waals surface area contributed by atoms with Crippen molar-refractivity contribution in [2.24, 2.45) is 0 Å². The Morgan fingerprint density at radius 2 is 2.04 bits per heavy atom. The predicted molar refractivity (Wildman–Crippen MR) is 85.8 cm³/mol. The normalized spacial score (nSPS) is 10.2. The highest BCUT2D eigenvalue weighted by atomic mass is 32.2. The Hall–Kier alpha value is -2.62. The van der Waals surface area contributed by atoms with Crippen LogP contribution in [0.25, 0.3) is 0 Å². The van der Waals surface area contributed by atoms with E-state index in [1.54, 1.807) is 18.7 Å². The molecule has 1 N–H and O–H groups in total. The number of carbonyl (C=O) groups is 2. The average molecular weight is 351 g/mol. The number of ether oxygens (including phenoxy) is 2. The summed E-state index contributed by atoms with van der Waals surface area (Å²) in [5, 5.41) is 14.0. The Morgan fingerprint density at radius 3 is 2.71 bits per heavy atom. The van der Waals surface area contributed by atoms with E-state index in [2.05, 4.69) is 25.6 Å². The van der Waals surface area contributed by atoms with Gasteiger partial charge in [0.25, 0.3) is 0 Å². The Labute approximate surface area is 142 Å². The van der Waals surface area contributed by atoms with Crippen molar-refractivity contribution in [3.05, 3.63) is 29.8 Å². The van der Waals surface area contributed by atoms with Gasteiger partial charge in [-0.1, -0.05) is 23.9 Å². The summed E-state index contributed by atoms with van der Waals surface area (Å²) in [6, 6.07) is 7.50. The zero-order valence-electron chi connectivity index (χ0n) is 13.3. The van der Waals surface area contributed by atoms with Crippen LogP contribution in [0.15, 0.2) is 29.4 Å². The minimum Gasteiger partial charge on any atom is -0.497 e. The number of benzene rings is 1. The highest BCUT2D eigenvalue weighted by Gasteiger charge is 2.13. The molecule has 0 saturated heterocycles. The SMILES string of the molecule is CCOC(=O)NC(=O)CSc1nnnn1Cc1ccc(OC)cc1. The van der Waals surface area contributed by atoms with Gasteiger partial charge in [-0.2, -0.15) is 0 Å². The number of nitrogens with zero attached hydrogens (tertiary/aromatic N) is 4. The molecule has 9 nitrogen and oxygen atoms in total. The van der Waals surface area contributed by atoms with E-state index in [1.807, 2.05) is 24.3 Å². The van der Waals surface area contributed by atoms with E-state index in [1.165, 1.54) is 0 Å². The molecule has 0 spiro atoms. The zero-order valence-corrected chi connectivity index (χ0v) is 14.1. The van der Waals surface area contributed by atoms with Gasteiger partial charge >= 0.3 is 6.09 Å². The lowest BCUT2D eigenvalue weighted by Gasteiger charge is -2.06. The molecule has 2 aromatic rings. The largest absolute Gasteiger partial charge is 0.497 e. The third-order valence-electron chi connectivity index (χ3n) is 2.84. The molecular formula is C14H17N5O4S. The molecule has 0 atom stereocenters. The fraction of sp³-hybridized carbons (Fsp3) is 0.357. The molecule has 0 aliphatic heterocycles. The molecule has 1 heterocycles. The minimum atomic E-state index is -0.763. The number of carbonyl (C=O) groups excluding carboxylic acids is 2. The highest BCUT2D eigenvalue weighted by molar-refractivity contribution is 7.99. The van der Waals surface area contributed by atoms with E-state index in [0.29, 0.717) is 11.7 Å². The van der Waals surface area contributed by atoms with Crippen LogP contribution in [0.5, 0.6) is 5.75 Å². The summed E-state index contributed by atoms with van der Waals surface area (Å²) < 4.78 is 11.3. The summed E-state index contributed by atoms with van der Waals surface area (Å²) in [6.07, 6.45) is -0.763. The number of hydrogen-bond donors (Lipinski definition) is 1. The fourth-order valence-electron chi connectivity index (χ4n) is 1.75. The van der Waals surface area contributed by atoms with Crippen molar-refractivity contribution in [1.82, 2.24) is 25.5 Å². The van der Waals surface area contributed by atoms with Crippen LogP contribution in [0.4, 0.5) is 4.79 Å². The number of imide groups is 1. The Kier molecular flexibility index (Phi) is 6.55. The third-order valence-corrected chi connectivity index (χ3v) is 3.80. The molecule has 24 heavy (non-hydrogen) atoms. The standard InChI is InChI=1S/C14H17N5O4S/c1-3-23-14(21)15-12(20)9-24-13-16-17-18-19(13)8-10-4-6-11(22-2)7-5-10/h4-7H,3,8-9H2,1-2H3,(H,15,20,21). The van der Waals surface area contributed by atoms with Gasteiger partial charge in [0.05, 0.1) is 26.0 Å². The van der Waals surface area contributed by atoms with Crippen molar-refractivity contribution in [2.75, 3.05) is 19.5 Å². The van der Waals surface area contributed by atoms with E-state index >= 15 is 0 Å². The number of hydrogen-bond acceptors (Lipinski definition) is 8. The maximum absolute atomic E-state index is 11.6. The van der Waals surface area contributed by atoms with Gasteiger partial charge in [-0.25, -0.2) is 9.48 Å². The lowest BCUT2D eigenvalue weighted by Crippen LogP contribution is -2.32. The molecule has 1 aromatic carbocycles. The highest BCUT2D eigenvalue weighted by Crippen LogP contribution is 2.16. The fourth-order valence-corrected chi connectivity index (χ4v) is 2.43. The third kappa shape index (κ3) is 5.23. The van der Waals surface area contributed by atoms with E-state index in [4.69, 9.17) is 4.74 Å². The van der Waals surface area contributed by atoms with Gasteiger partial charge in [-0.05, 0) is 35.0 Å². The van der Waals surface area contributed by atoms with Crippen LogP contribution in [-0.4, -0.2) is 51.7 Å². The number of methoxy groups -OCH3 is 1. The predicted octanol–water partition coefficient (Wildman–Crippen LogP) is 1.09. The van der Waals surface area contributed by atoms with Crippen LogP contribution in [0, 0.1) is 0 Å². The van der Waals surface area contributed by atoms with E-state index in [9.17, 15) is 9.59 Å². The first-order valence-corrected chi connectivity index (χ1v) is 8.09. The van der Waals surface area contributed by atoms with Gasteiger partial charge in [0.15, 0.2) is 0 Å². The molecule has 10 heteroatoms. The minimum absolute atomic E-state index is 0.00179. The first-order chi connectivity index (χ1) is 11.6. The molecule has 0 unspecified atom stereocenters. The van der Waals surface area contributed by atoms with Crippen molar-refractivity contribution in [3.8, 4) is 5.75 Å². The molecular weight excluding hydrogens is 334 g/mol. The van der Waals surface area contributed by atoms with Crippen molar-refractivity contribution in [1.29, 1.82) is 0 Å². The summed E-state index contributed by atoms with van der Waals surface area (Å²) in [7, 11) is 1.60. The molecule has 0 bridgehead atoms. The molecule has 0 radical (unpaired) electrons. The molecule has 0 aliphatic rings. The van der Waals surface area contributed by atoms with Gasteiger partial charge in [0.1, 0.15) is 5.75 Å². The lowest BCUT2D eigenvalue weighted by molar-refractivity contribution is -0.117. The second-order valence-corrected chi connectivity index (χ2v) is 5.47. The summed E-state index contributed by atoms with van der Waals surface area (Å²) >= 11 is 1.13. The smallest absolute Gasteiger partial charge is 0.413 e. The Bertz CT molecular complexity index is 689. The van der Waals surface area contributed by atoms with Crippen molar-refractivity contribution in [3.63, 3.8) is 0 Å². The van der Waals surface area contributed by atoms with E-state index in [0.717, 1.165) is 23.1 Å². The number of tetrazole rings is 1. The van der Waals surface area contributed by atoms with Crippen LogP contribution >= 0.6 is 11.8 Å². The van der Waals surface area contributed by atoms with Crippen LogP contribution in [0.1, 0.15) is 12.5 Å². The van der Waals surface area contributed by atoms with Crippen LogP contribution in [-0.2, 0) is 16.1 Å². The van der Waals surface area contributed by atoms with Gasteiger partial charge in [0, 0.05) is 0 Å². The van der Waals surface area contributed by atoms with Gasteiger partial charge < -0.3 is 9.47 Å². The van der Waals surface area contributed by atoms with Gasteiger partial charge in [-0.3, -0.25) is 10.1 Å².